The van der Waals surface area contributed by atoms with Gasteiger partial charge in [0, 0.05) is 37.6 Å². The van der Waals surface area contributed by atoms with Crippen molar-refractivity contribution in [3.05, 3.63) is 18.7 Å². The third-order valence-corrected chi connectivity index (χ3v) is 4.42. The van der Waals surface area contributed by atoms with E-state index in [1.165, 1.54) is 25.8 Å². The van der Waals surface area contributed by atoms with Crippen LogP contribution < -0.4 is 5.32 Å². The lowest BCUT2D eigenvalue weighted by Crippen LogP contribution is -2.51. The summed E-state index contributed by atoms with van der Waals surface area (Å²) < 4.78 is 2.15. The first-order chi connectivity index (χ1) is 9.16. The second-order valence-electron chi connectivity index (χ2n) is 6.07. The lowest BCUT2D eigenvalue weighted by atomic mass is 9.90. The van der Waals surface area contributed by atoms with Gasteiger partial charge in [-0.15, -0.1) is 0 Å². The normalized spacial score (nSPS) is 28.7. The summed E-state index contributed by atoms with van der Waals surface area (Å²) in [6, 6.07) is 1.40. The topological polar surface area (TPSA) is 33.1 Å². The molecule has 4 heteroatoms. The molecule has 0 radical (unpaired) electrons. The largest absolute Gasteiger partial charge is 0.337 e. The third kappa shape index (κ3) is 4.32. The van der Waals surface area contributed by atoms with E-state index in [-0.39, 0.29) is 0 Å². The van der Waals surface area contributed by atoms with Crippen molar-refractivity contribution in [1.82, 2.24) is 19.8 Å². The molecular weight excluding hydrogens is 236 g/mol. The van der Waals surface area contributed by atoms with Crippen LogP contribution >= 0.6 is 0 Å². The first kappa shape index (κ1) is 14.5. The van der Waals surface area contributed by atoms with Crippen LogP contribution in [0.25, 0.3) is 0 Å². The molecule has 19 heavy (non-hydrogen) atoms. The second-order valence-corrected chi connectivity index (χ2v) is 6.07. The summed E-state index contributed by atoms with van der Waals surface area (Å²) in [5, 5.41) is 3.75. The fourth-order valence-corrected chi connectivity index (χ4v) is 2.95. The van der Waals surface area contributed by atoms with Crippen molar-refractivity contribution >= 4 is 0 Å². The van der Waals surface area contributed by atoms with E-state index in [9.17, 15) is 0 Å². The number of hydrogen-bond acceptors (Lipinski definition) is 3. The smallest absolute Gasteiger partial charge is 0.0945 e. The highest BCUT2D eigenvalue weighted by atomic mass is 15.2. The maximum absolute atomic E-state index is 4.06. The van der Waals surface area contributed by atoms with Crippen molar-refractivity contribution in [3.8, 4) is 0 Å². The van der Waals surface area contributed by atoms with Crippen LogP contribution in [0.2, 0.25) is 0 Å². The second kappa shape index (κ2) is 7.06. The van der Waals surface area contributed by atoms with Gasteiger partial charge in [-0.05, 0) is 45.7 Å². The SMILES string of the molecule is CC1CN(C)C(C)CC1NCCCCn1ccnc1. The number of imidazole rings is 1. The van der Waals surface area contributed by atoms with Crippen molar-refractivity contribution in [2.75, 3.05) is 20.1 Å². The van der Waals surface area contributed by atoms with Crippen molar-refractivity contribution in [3.63, 3.8) is 0 Å². The van der Waals surface area contributed by atoms with E-state index < -0.39 is 0 Å². The lowest BCUT2D eigenvalue weighted by molar-refractivity contribution is 0.121. The minimum atomic E-state index is 0.694. The molecule has 1 aliphatic rings. The van der Waals surface area contributed by atoms with E-state index in [0.29, 0.717) is 12.1 Å². The zero-order valence-corrected chi connectivity index (χ0v) is 12.5. The first-order valence-electron chi connectivity index (χ1n) is 7.56. The standard InChI is InChI=1S/C15H28N4/c1-13-11-18(3)14(2)10-15(13)17-6-4-5-8-19-9-7-16-12-19/h7,9,12-15,17H,4-6,8,10-11H2,1-3H3. The Morgan fingerprint density at radius 2 is 2.16 bits per heavy atom. The molecule has 3 atom stereocenters. The van der Waals surface area contributed by atoms with Gasteiger partial charge in [0.05, 0.1) is 6.33 Å². The molecule has 4 nitrogen and oxygen atoms in total. The van der Waals surface area contributed by atoms with Crippen LogP contribution in [0, 0.1) is 5.92 Å². The monoisotopic (exact) mass is 264 g/mol. The number of likely N-dealkylation sites (tertiary alicyclic amines) is 1. The molecule has 1 fully saturated rings. The minimum Gasteiger partial charge on any atom is -0.337 e. The summed E-state index contributed by atoms with van der Waals surface area (Å²) in [7, 11) is 2.24. The first-order valence-corrected chi connectivity index (χ1v) is 7.56. The summed E-state index contributed by atoms with van der Waals surface area (Å²) in [5.74, 6) is 0.759. The number of aryl methyl sites for hydroxylation is 1. The lowest BCUT2D eigenvalue weighted by Gasteiger charge is -2.40. The van der Waals surface area contributed by atoms with Crippen molar-refractivity contribution in [1.29, 1.82) is 0 Å². The summed E-state index contributed by atoms with van der Waals surface area (Å²) in [4.78, 5) is 6.54. The number of hydrogen-bond donors (Lipinski definition) is 1. The molecule has 1 N–H and O–H groups in total. The van der Waals surface area contributed by atoms with Crippen molar-refractivity contribution < 1.29 is 0 Å². The molecule has 0 spiro atoms. The van der Waals surface area contributed by atoms with Gasteiger partial charge in [-0.1, -0.05) is 6.92 Å². The van der Waals surface area contributed by atoms with Crippen LogP contribution in [0.5, 0.6) is 0 Å². The van der Waals surface area contributed by atoms with Gasteiger partial charge in [-0.3, -0.25) is 0 Å². The molecule has 1 aromatic rings. The predicted octanol–water partition coefficient (Wildman–Crippen LogP) is 1.98. The van der Waals surface area contributed by atoms with Crippen molar-refractivity contribution in [2.24, 2.45) is 5.92 Å². The van der Waals surface area contributed by atoms with E-state index in [2.05, 4.69) is 40.7 Å². The van der Waals surface area contributed by atoms with Crippen LogP contribution in [0.1, 0.15) is 33.1 Å². The highest BCUT2D eigenvalue weighted by Crippen LogP contribution is 2.20. The number of piperidine rings is 1. The summed E-state index contributed by atoms with van der Waals surface area (Å²) in [6.45, 7) is 8.14. The molecule has 1 aromatic heterocycles. The van der Waals surface area contributed by atoms with Gasteiger partial charge in [-0.25, -0.2) is 4.98 Å². The van der Waals surface area contributed by atoms with Gasteiger partial charge in [0.1, 0.15) is 0 Å². The zero-order valence-electron chi connectivity index (χ0n) is 12.5. The Kier molecular flexibility index (Phi) is 5.40. The number of unbranched alkanes of at least 4 members (excludes halogenated alkanes) is 1. The van der Waals surface area contributed by atoms with E-state index in [1.54, 1.807) is 0 Å². The highest BCUT2D eigenvalue weighted by Gasteiger charge is 2.27. The zero-order chi connectivity index (χ0) is 13.7. The van der Waals surface area contributed by atoms with Crippen LogP contribution in [0.15, 0.2) is 18.7 Å². The van der Waals surface area contributed by atoms with Gasteiger partial charge in [-0.2, -0.15) is 0 Å². The number of nitrogens with one attached hydrogen (secondary N) is 1. The predicted molar refractivity (Wildman–Crippen MR) is 79.1 cm³/mol. The molecule has 3 unspecified atom stereocenters. The van der Waals surface area contributed by atoms with Crippen LogP contribution in [-0.2, 0) is 6.54 Å². The average molecular weight is 264 g/mol. The Bertz CT molecular complexity index is 349. The molecule has 0 bridgehead atoms. The molecule has 0 aliphatic carbocycles. The van der Waals surface area contributed by atoms with E-state index in [4.69, 9.17) is 0 Å². The molecule has 0 amide bonds. The maximum atomic E-state index is 4.06. The minimum absolute atomic E-state index is 0.694. The van der Waals surface area contributed by atoms with Crippen molar-refractivity contribution in [2.45, 2.75) is 51.7 Å². The molecular formula is C15H28N4. The Labute approximate surface area is 117 Å². The summed E-state index contributed by atoms with van der Waals surface area (Å²) in [5.41, 5.74) is 0. The van der Waals surface area contributed by atoms with Gasteiger partial charge >= 0.3 is 0 Å². The Morgan fingerprint density at radius 3 is 2.89 bits per heavy atom. The molecule has 2 rings (SSSR count). The molecule has 1 aliphatic heterocycles. The summed E-state index contributed by atoms with van der Waals surface area (Å²) in [6.07, 6.45) is 9.52. The third-order valence-electron chi connectivity index (χ3n) is 4.42. The molecule has 1 saturated heterocycles. The average Bonchev–Trinajstić information content (AvgIpc) is 2.88. The number of nitrogens with zero attached hydrogens (tertiary/aromatic N) is 3. The number of aromatic nitrogens is 2. The van der Waals surface area contributed by atoms with E-state index in [1.807, 2.05) is 18.7 Å². The fourth-order valence-electron chi connectivity index (χ4n) is 2.95. The van der Waals surface area contributed by atoms with Gasteiger partial charge < -0.3 is 14.8 Å². The van der Waals surface area contributed by atoms with Gasteiger partial charge in [0.25, 0.3) is 0 Å². The van der Waals surface area contributed by atoms with E-state index in [0.717, 1.165) is 19.0 Å². The highest BCUT2D eigenvalue weighted by molar-refractivity contribution is 4.86. The molecule has 108 valence electrons. The maximum Gasteiger partial charge on any atom is 0.0945 e. The Balaban J connectivity index is 1.60. The molecule has 0 saturated carbocycles. The van der Waals surface area contributed by atoms with E-state index >= 15 is 0 Å². The fraction of sp³-hybridized carbons (Fsp3) is 0.800. The van der Waals surface area contributed by atoms with Gasteiger partial charge in [0.15, 0.2) is 0 Å². The number of rotatable bonds is 6. The van der Waals surface area contributed by atoms with Crippen LogP contribution in [0.4, 0.5) is 0 Å². The van der Waals surface area contributed by atoms with Crippen LogP contribution in [0.3, 0.4) is 0 Å². The molecule has 0 aromatic carbocycles. The Hall–Kier alpha value is -0.870. The Morgan fingerprint density at radius 1 is 1.32 bits per heavy atom. The van der Waals surface area contributed by atoms with Crippen LogP contribution in [-0.4, -0.2) is 46.7 Å². The van der Waals surface area contributed by atoms with Gasteiger partial charge in [0.2, 0.25) is 0 Å². The molecule has 2 heterocycles. The quantitative estimate of drug-likeness (QED) is 0.798. The summed E-state index contributed by atoms with van der Waals surface area (Å²) >= 11 is 0.